The molecule has 32 heavy (non-hydrogen) atoms. The van der Waals surface area contributed by atoms with Gasteiger partial charge < -0.3 is 25.0 Å². The molecule has 1 aromatic heterocycles. The lowest BCUT2D eigenvalue weighted by atomic mass is 10.0. The summed E-state index contributed by atoms with van der Waals surface area (Å²) in [5, 5.41) is 9.26. The van der Waals surface area contributed by atoms with E-state index in [-0.39, 0.29) is 29.7 Å². The van der Waals surface area contributed by atoms with Gasteiger partial charge in [-0.1, -0.05) is 13.0 Å². The van der Waals surface area contributed by atoms with E-state index in [1.54, 1.807) is 11.5 Å². The largest absolute Gasteiger partial charge is 0.478 e. The van der Waals surface area contributed by atoms with Crippen LogP contribution in [0.25, 0.3) is 0 Å². The maximum Gasteiger partial charge on any atom is 0.337 e. The smallest absolute Gasteiger partial charge is 0.337 e. The first kappa shape index (κ1) is 23.9. The summed E-state index contributed by atoms with van der Waals surface area (Å²) < 4.78 is 33.1. The first-order valence-electron chi connectivity index (χ1n) is 10.8. The summed E-state index contributed by atoms with van der Waals surface area (Å²) in [5.74, 6) is -2.20. The van der Waals surface area contributed by atoms with Crippen molar-refractivity contribution >= 4 is 11.9 Å². The van der Waals surface area contributed by atoms with Crippen molar-refractivity contribution < 1.29 is 28.2 Å². The molecule has 2 atom stereocenters. The van der Waals surface area contributed by atoms with Gasteiger partial charge in [0.2, 0.25) is 0 Å². The molecular formula is C23H29F2N3O4. The van der Waals surface area contributed by atoms with E-state index in [1.165, 1.54) is 24.3 Å². The fourth-order valence-corrected chi connectivity index (χ4v) is 4.14. The molecule has 174 valence electrons. The average Bonchev–Trinajstić information content (AvgIpc) is 3.37. The number of hydrogen-bond donors (Lipinski definition) is 2. The molecule has 2 aliphatic rings. The fraction of sp³-hybridized carbons (Fsp3) is 0.478. The Morgan fingerprint density at radius 1 is 1.28 bits per heavy atom. The molecule has 3 heterocycles. The van der Waals surface area contributed by atoms with Crippen molar-refractivity contribution in [2.75, 3.05) is 13.2 Å². The Morgan fingerprint density at radius 2 is 1.97 bits per heavy atom. The zero-order chi connectivity index (χ0) is 23.4. The molecule has 0 bridgehead atoms. The molecule has 0 aliphatic carbocycles. The number of carbonyl (C=O) groups excluding carboxylic acids is 1. The number of benzene rings is 1. The van der Waals surface area contributed by atoms with E-state index >= 15 is 0 Å². The van der Waals surface area contributed by atoms with Crippen LogP contribution in [-0.2, 0) is 17.9 Å². The zero-order valence-electron chi connectivity index (χ0n) is 18.3. The van der Waals surface area contributed by atoms with Gasteiger partial charge in [-0.15, -0.1) is 0 Å². The minimum absolute atomic E-state index is 0.0139. The Balaban J connectivity index is 0.000000207. The highest BCUT2D eigenvalue weighted by atomic mass is 19.1. The number of aromatic carboxylic acids is 1. The van der Waals surface area contributed by atoms with Crippen LogP contribution in [-0.4, -0.2) is 45.6 Å². The second kappa shape index (κ2) is 10.2. The van der Waals surface area contributed by atoms with Gasteiger partial charge in [-0.2, -0.15) is 0 Å². The number of ether oxygens (including phenoxy) is 1. The zero-order valence-corrected chi connectivity index (χ0v) is 18.3. The lowest BCUT2D eigenvalue weighted by molar-refractivity contribution is 0.0640. The molecule has 0 unspecified atom stereocenters. The number of fused-ring (bicyclic) bond motifs is 1. The maximum absolute atomic E-state index is 13.0. The summed E-state index contributed by atoms with van der Waals surface area (Å²) in [4.78, 5) is 25.8. The van der Waals surface area contributed by atoms with E-state index < -0.39 is 23.6 Å². The number of nitrogens with two attached hydrogens (primary N) is 1. The molecule has 0 spiro atoms. The molecule has 2 aliphatic heterocycles. The number of rotatable bonds is 4. The number of nitrogens with zero attached hydrogens (tertiary/aromatic N) is 2. The molecule has 9 heteroatoms. The van der Waals surface area contributed by atoms with Gasteiger partial charge in [0.25, 0.3) is 5.91 Å². The number of halogens is 2. The Labute approximate surface area is 185 Å². The first-order chi connectivity index (χ1) is 15.3. The molecule has 3 N–H and O–H groups in total. The number of aromatic nitrogens is 1. The summed E-state index contributed by atoms with van der Waals surface area (Å²) >= 11 is 0. The van der Waals surface area contributed by atoms with Crippen molar-refractivity contribution in [3.05, 3.63) is 58.4 Å². The van der Waals surface area contributed by atoms with Crippen LogP contribution in [0.1, 0.15) is 71.3 Å². The van der Waals surface area contributed by atoms with Crippen LogP contribution in [0.15, 0.2) is 24.3 Å². The number of carboxylic acid groups (broad SMARTS) is 1. The van der Waals surface area contributed by atoms with Crippen LogP contribution in [0.3, 0.4) is 0 Å². The predicted octanol–water partition coefficient (Wildman–Crippen LogP) is 3.72. The molecule has 0 radical (unpaired) electrons. The van der Waals surface area contributed by atoms with Crippen molar-refractivity contribution in [3.63, 3.8) is 0 Å². The molecule has 4 rings (SSSR count). The van der Waals surface area contributed by atoms with Crippen molar-refractivity contribution in [3.8, 4) is 0 Å². The molecule has 1 saturated heterocycles. The third-order valence-electron chi connectivity index (χ3n) is 5.98. The molecule has 7 nitrogen and oxygen atoms in total. The van der Waals surface area contributed by atoms with Crippen molar-refractivity contribution in [2.45, 2.75) is 58.3 Å². The van der Waals surface area contributed by atoms with Crippen LogP contribution in [0.2, 0.25) is 0 Å². The topological polar surface area (TPSA) is 97.8 Å². The van der Waals surface area contributed by atoms with Gasteiger partial charge in [0, 0.05) is 30.7 Å². The molecule has 2 aromatic rings. The van der Waals surface area contributed by atoms with Crippen LogP contribution >= 0.6 is 0 Å². The molecule has 1 fully saturated rings. The number of amides is 1. The Kier molecular flexibility index (Phi) is 7.63. The number of carbonyl (C=O) groups is 2. The van der Waals surface area contributed by atoms with Crippen molar-refractivity contribution in [1.29, 1.82) is 0 Å². The highest BCUT2D eigenvalue weighted by molar-refractivity contribution is 5.98. The summed E-state index contributed by atoms with van der Waals surface area (Å²) in [6, 6.07) is 4.94. The maximum atomic E-state index is 13.0. The summed E-state index contributed by atoms with van der Waals surface area (Å²) in [5.41, 5.74) is 6.76. The van der Waals surface area contributed by atoms with Gasteiger partial charge in [-0.25, -0.2) is 13.6 Å². The summed E-state index contributed by atoms with van der Waals surface area (Å²) in [6.07, 6.45) is 2.54. The quantitative estimate of drug-likeness (QED) is 0.742. The van der Waals surface area contributed by atoms with Crippen LogP contribution in [0.4, 0.5) is 8.78 Å². The second-order valence-electron chi connectivity index (χ2n) is 8.04. The summed E-state index contributed by atoms with van der Waals surface area (Å²) in [6.45, 7) is 5.87. The average molecular weight is 449 g/mol. The van der Waals surface area contributed by atoms with Crippen molar-refractivity contribution in [2.24, 2.45) is 5.73 Å². The number of likely N-dealkylation sites (tertiary alicyclic amines) is 1. The van der Waals surface area contributed by atoms with Gasteiger partial charge in [0.1, 0.15) is 17.3 Å². The fourth-order valence-electron chi connectivity index (χ4n) is 4.14. The van der Waals surface area contributed by atoms with Crippen LogP contribution < -0.4 is 5.73 Å². The monoisotopic (exact) mass is 449 g/mol. The first-order valence-corrected chi connectivity index (χ1v) is 10.8. The van der Waals surface area contributed by atoms with Gasteiger partial charge in [0.05, 0.1) is 24.5 Å². The second-order valence-corrected chi connectivity index (χ2v) is 8.04. The van der Waals surface area contributed by atoms with E-state index in [9.17, 15) is 23.5 Å². The van der Waals surface area contributed by atoms with E-state index in [0.29, 0.717) is 31.0 Å². The highest BCUT2D eigenvalue weighted by Gasteiger charge is 2.31. The lowest BCUT2D eigenvalue weighted by Crippen LogP contribution is -2.35. The van der Waals surface area contributed by atoms with E-state index in [2.05, 4.69) is 0 Å². The highest BCUT2D eigenvalue weighted by Crippen LogP contribution is 2.25. The third-order valence-corrected chi connectivity index (χ3v) is 5.98. The standard InChI is InChI=1S/C14H18N2O4.C9H11F2N/c1-9-3-2-4-15(9)13(17)11-7-10(14(18)19)12-8-20-6-5-16(11)12;1-2-8(12)9-6(10)4-3-5-7(9)11/h7,9H,2-6,8H2,1H3,(H,18,19);3-5,8H,2,12H2,1H3/t9-;8-/m01/s1. The van der Waals surface area contributed by atoms with Gasteiger partial charge >= 0.3 is 5.97 Å². The summed E-state index contributed by atoms with van der Waals surface area (Å²) in [7, 11) is 0. The Hall–Kier alpha value is -2.78. The SMILES string of the molecule is CC[C@@H](N)c1c(F)cccc1F.C[C@H]1CCCN1C(=O)c1cc(C(=O)O)c2n1CCOC2. The molecule has 1 aromatic carbocycles. The van der Waals surface area contributed by atoms with Crippen LogP contribution in [0.5, 0.6) is 0 Å². The molecular weight excluding hydrogens is 420 g/mol. The van der Waals surface area contributed by atoms with Gasteiger partial charge in [0.15, 0.2) is 0 Å². The van der Waals surface area contributed by atoms with E-state index in [4.69, 9.17) is 10.5 Å². The van der Waals surface area contributed by atoms with Gasteiger partial charge in [-0.3, -0.25) is 4.79 Å². The van der Waals surface area contributed by atoms with Crippen molar-refractivity contribution in [1.82, 2.24) is 9.47 Å². The number of hydrogen-bond acceptors (Lipinski definition) is 4. The minimum Gasteiger partial charge on any atom is -0.478 e. The predicted molar refractivity (Wildman–Crippen MR) is 114 cm³/mol. The molecule has 1 amide bonds. The van der Waals surface area contributed by atoms with Gasteiger partial charge in [-0.05, 0) is 44.4 Å². The third kappa shape index (κ3) is 4.83. The minimum atomic E-state index is -1.01. The molecule has 0 saturated carbocycles. The van der Waals surface area contributed by atoms with Crippen LogP contribution in [0, 0.1) is 11.6 Å². The van der Waals surface area contributed by atoms with E-state index in [0.717, 1.165) is 19.4 Å². The van der Waals surface area contributed by atoms with E-state index in [1.807, 2.05) is 11.8 Å². The normalized spacial score (nSPS) is 18.5. The number of carboxylic acids is 1. The Morgan fingerprint density at radius 3 is 2.53 bits per heavy atom. The Bertz CT molecular complexity index is 972. The lowest BCUT2D eigenvalue weighted by Gasteiger charge is -2.24.